The Kier molecular flexibility index (Phi) is 4.50. The number of rotatable bonds is 2. The highest BCUT2D eigenvalue weighted by Crippen LogP contribution is 2.32. The second-order valence-corrected chi connectivity index (χ2v) is 6.47. The van der Waals surface area contributed by atoms with E-state index in [1.54, 1.807) is 11.0 Å². The van der Waals surface area contributed by atoms with Gasteiger partial charge in [-0.1, -0.05) is 23.2 Å². The van der Waals surface area contributed by atoms with Crippen molar-refractivity contribution in [1.29, 1.82) is 0 Å². The summed E-state index contributed by atoms with van der Waals surface area (Å²) in [5.41, 5.74) is 0.414. The van der Waals surface area contributed by atoms with Crippen molar-refractivity contribution in [3.8, 4) is 0 Å². The number of ether oxygens (including phenoxy) is 1. The van der Waals surface area contributed by atoms with Crippen LogP contribution in [0.15, 0.2) is 6.07 Å². The van der Waals surface area contributed by atoms with Gasteiger partial charge in [-0.3, -0.25) is 4.79 Å². The molecule has 1 N–H and O–H groups in total. The summed E-state index contributed by atoms with van der Waals surface area (Å²) in [6, 6.07) is 1.53. The number of morpholine rings is 1. The molecule has 1 aromatic rings. The first-order valence-electron chi connectivity index (χ1n) is 5.51. The molecule has 2 heterocycles. The zero-order valence-electron chi connectivity index (χ0n) is 9.73. The Morgan fingerprint density at radius 1 is 1.67 bits per heavy atom. The average Bonchev–Trinajstić information content (AvgIpc) is 2.68. The molecule has 0 saturated carbocycles. The van der Waals surface area contributed by atoms with Gasteiger partial charge in [0.05, 0.1) is 35.3 Å². The topological polar surface area (TPSA) is 49.8 Å². The zero-order chi connectivity index (χ0) is 13.3. The van der Waals surface area contributed by atoms with Crippen molar-refractivity contribution in [2.45, 2.75) is 19.1 Å². The van der Waals surface area contributed by atoms with E-state index in [0.29, 0.717) is 27.4 Å². The van der Waals surface area contributed by atoms with Crippen molar-refractivity contribution in [3.63, 3.8) is 0 Å². The monoisotopic (exact) mass is 309 g/mol. The van der Waals surface area contributed by atoms with E-state index in [1.165, 1.54) is 11.3 Å². The van der Waals surface area contributed by atoms with E-state index in [4.69, 9.17) is 33.0 Å². The number of aliphatic hydroxyl groups is 1. The first-order chi connectivity index (χ1) is 8.52. The largest absolute Gasteiger partial charge is 0.394 e. The molecular weight excluding hydrogens is 297 g/mol. The van der Waals surface area contributed by atoms with Gasteiger partial charge in [-0.25, -0.2) is 0 Å². The first kappa shape index (κ1) is 14.1. The van der Waals surface area contributed by atoms with Crippen LogP contribution in [0.2, 0.25) is 8.67 Å². The maximum Gasteiger partial charge on any atom is 0.256 e. The number of halogens is 2. The fourth-order valence-corrected chi connectivity index (χ4v) is 3.30. The van der Waals surface area contributed by atoms with E-state index in [1.807, 2.05) is 6.92 Å². The van der Waals surface area contributed by atoms with Crippen LogP contribution in [0.5, 0.6) is 0 Å². The van der Waals surface area contributed by atoms with Crippen molar-refractivity contribution >= 4 is 40.4 Å². The molecule has 0 aromatic carbocycles. The molecule has 18 heavy (non-hydrogen) atoms. The van der Waals surface area contributed by atoms with Crippen LogP contribution in [0.4, 0.5) is 0 Å². The van der Waals surface area contributed by atoms with Gasteiger partial charge in [0.1, 0.15) is 4.34 Å². The highest BCUT2D eigenvalue weighted by Gasteiger charge is 2.31. The standard InChI is InChI=1S/C11H13Cl2NO3S/c1-6-5-17-7(4-15)3-14(6)11(16)8-2-9(12)18-10(8)13/h2,6-7,15H,3-5H2,1H3. The highest BCUT2D eigenvalue weighted by atomic mass is 35.5. The molecule has 100 valence electrons. The molecule has 2 atom stereocenters. The lowest BCUT2D eigenvalue weighted by molar-refractivity contribution is -0.0667. The Labute approximate surface area is 119 Å². The molecule has 2 rings (SSSR count). The van der Waals surface area contributed by atoms with Crippen molar-refractivity contribution in [3.05, 3.63) is 20.3 Å². The van der Waals surface area contributed by atoms with Crippen molar-refractivity contribution in [2.75, 3.05) is 19.8 Å². The van der Waals surface area contributed by atoms with Crippen LogP contribution in [-0.2, 0) is 4.74 Å². The van der Waals surface area contributed by atoms with E-state index < -0.39 is 0 Å². The lowest BCUT2D eigenvalue weighted by Gasteiger charge is -2.37. The van der Waals surface area contributed by atoms with Gasteiger partial charge >= 0.3 is 0 Å². The quantitative estimate of drug-likeness (QED) is 0.912. The molecule has 0 radical (unpaired) electrons. The number of nitrogens with zero attached hydrogens (tertiary/aromatic N) is 1. The zero-order valence-corrected chi connectivity index (χ0v) is 12.1. The number of thiophene rings is 1. The third kappa shape index (κ3) is 2.81. The fourth-order valence-electron chi connectivity index (χ4n) is 1.85. The lowest BCUT2D eigenvalue weighted by atomic mass is 10.1. The van der Waals surface area contributed by atoms with Gasteiger partial charge in [-0.05, 0) is 13.0 Å². The molecule has 1 aliphatic rings. The molecule has 0 bridgehead atoms. The van der Waals surface area contributed by atoms with Gasteiger partial charge in [0.15, 0.2) is 0 Å². The Morgan fingerprint density at radius 2 is 2.39 bits per heavy atom. The van der Waals surface area contributed by atoms with Gasteiger partial charge in [0, 0.05) is 6.54 Å². The smallest absolute Gasteiger partial charge is 0.256 e. The van der Waals surface area contributed by atoms with E-state index in [9.17, 15) is 4.79 Å². The fraction of sp³-hybridized carbons (Fsp3) is 0.545. The second-order valence-electron chi connectivity index (χ2n) is 4.18. The van der Waals surface area contributed by atoms with Gasteiger partial charge < -0.3 is 14.7 Å². The Bertz CT molecular complexity index is 451. The lowest BCUT2D eigenvalue weighted by Crippen LogP contribution is -2.52. The SMILES string of the molecule is CC1COC(CO)CN1C(=O)c1cc(Cl)sc1Cl. The summed E-state index contributed by atoms with van der Waals surface area (Å²) < 4.78 is 6.27. The molecule has 1 amide bonds. The summed E-state index contributed by atoms with van der Waals surface area (Å²) in [6.45, 7) is 2.56. The number of carbonyl (C=O) groups is 1. The van der Waals surface area contributed by atoms with Gasteiger partial charge in [0.25, 0.3) is 5.91 Å². The molecule has 4 nitrogen and oxygen atoms in total. The van der Waals surface area contributed by atoms with Crippen LogP contribution in [0.1, 0.15) is 17.3 Å². The molecule has 2 unspecified atom stereocenters. The maximum atomic E-state index is 12.4. The number of hydrogen-bond acceptors (Lipinski definition) is 4. The van der Waals surface area contributed by atoms with E-state index >= 15 is 0 Å². The predicted molar refractivity (Wildman–Crippen MR) is 71.7 cm³/mol. The minimum Gasteiger partial charge on any atom is -0.394 e. The van der Waals surface area contributed by atoms with Crippen LogP contribution in [0, 0.1) is 0 Å². The van der Waals surface area contributed by atoms with E-state index in [2.05, 4.69) is 0 Å². The Balaban J connectivity index is 2.19. The van der Waals surface area contributed by atoms with Gasteiger partial charge in [-0.2, -0.15) is 0 Å². The van der Waals surface area contributed by atoms with Crippen molar-refractivity contribution < 1.29 is 14.6 Å². The molecule has 0 spiro atoms. The van der Waals surface area contributed by atoms with E-state index in [-0.39, 0.29) is 24.7 Å². The number of aliphatic hydroxyl groups excluding tert-OH is 1. The second kappa shape index (κ2) is 5.75. The summed E-state index contributed by atoms with van der Waals surface area (Å²) in [6.07, 6.45) is -0.335. The van der Waals surface area contributed by atoms with Gasteiger partial charge in [-0.15, -0.1) is 11.3 Å². The number of hydrogen-bond donors (Lipinski definition) is 1. The minimum absolute atomic E-state index is 0.0463. The minimum atomic E-state index is -0.335. The molecule has 7 heteroatoms. The van der Waals surface area contributed by atoms with Crippen LogP contribution in [-0.4, -0.2) is 47.8 Å². The summed E-state index contributed by atoms with van der Waals surface area (Å²) in [5, 5.41) is 9.10. The van der Waals surface area contributed by atoms with Crippen LogP contribution < -0.4 is 0 Å². The summed E-state index contributed by atoms with van der Waals surface area (Å²) >= 11 is 13.0. The summed E-state index contributed by atoms with van der Waals surface area (Å²) in [4.78, 5) is 14.0. The normalized spacial score (nSPS) is 24.3. The van der Waals surface area contributed by atoms with Crippen LogP contribution in [0.3, 0.4) is 0 Å². The van der Waals surface area contributed by atoms with Gasteiger partial charge in [0.2, 0.25) is 0 Å². The molecule has 0 aliphatic carbocycles. The van der Waals surface area contributed by atoms with Crippen molar-refractivity contribution in [1.82, 2.24) is 4.90 Å². The Morgan fingerprint density at radius 3 is 2.94 bits per heavy atom. The molecular formula is C11H13Cl2NO3S. The number of carbonyl (C=O) groups excluding carboxylic acids is 1. The summed E-state index contributed by atoms with van der Waals surface area (Å²) in [7, 11) is 0. The maximum absolute atomic E-state index is 12.4. The Hall–Kier alpha value is -0.330. The highest BCUT2D eigenvalue weighted by molar-refractivity contribution is 7.20. The van der Waals surface area contributed by atoms with Crippen LogP contribution >= 0.6 is 34.5 Å². The van der Waals surface area contributed by atoms with Crippen molar-refractivity contribution in [2.24, 2.45) is 0 Å². The van der Waals surface area contributed by atoms with E-state index in [0.717, 1.165) is 0 Å². The predicted octanol–water partition coefficient (Wildman–Crippen LogP) is 2.28. The molecule has 1 saturated heterocycles. The molecule has 1 aromatic heterocycles. The van der Waals surface area contributed by atoms with Crippen LogP contribution in [0.25, 0.3) is 0 Å². The third-order valence-electron chi connectivity index (χ3n) is 2.86. The third-order valence-corrected chi connectivity index (χ3v) is 4.34. The number of amides is 1. The first-order valence-corrected chi connectivity index (χ1v) is 7.08. The average molecular weight is 310 g/mol. The molecule has 1 fully saturated rings. The summed E-state index contributed by atoms with van der Waals surface area (Å²) in [5.74, 6) is -0.169. The molecule has 1 aliphatic heterocycles.